The average Bonchev–Trinajstić information content (AvgIpc) is 3.23. The zero-order chi connectivity index (χ0) is 17.1. The van der Waals surface area contributed by atoms with E-state index in [1.54, 1.807) is 0 Å². The summed E-state index contributed by atoms with van der Waals surface area (Å²) in [6, 6.07) is 18.2. The van der Waals surface area contributed by atoms with E-state index in [2.05, 4.69) is 17.4 Å². The van der Waals surface area contributed by atoms with Crippen LogP contribution in [-0.2, 0) is 10.2 Å². The van der Waals surface area contributed by atoms with Crippen LogP contribution in [0.5, 0.6) is 5.75 Å². The highest BCUT2D eigenvalue weighted by Gasteiger charge is 2.51. The van der Waals surface area contributed by atoms with E-state index in [9.17, 15) is 4.79 Å². The lowest BCUT2D eigenvalue weighted by Gasteiger charge is -2.23. The summed E-state index contributed by atoms with van der Waals surface area (Å²) in [5.74, 6) is 1.17. The van der Waals surface area contributed by atoms with E-state index in [0.29, 0.717) is 6.61 Å². The van der Waals surface area contributed by atoms with Gasteiger partial charge in [0.25, 0.3) is 0 Å². The van der Waals surface area contributed by atoms with Crippen molar-refractivity contribution in [1.29, 1.82) is 0 Å². The summed E-state index contributed by atoms with van der Waals surface area (Å²) in [6.07, 6.45) is 2.78. The number of hydrogen-bond donors (Lipinski definition) is 1. The number of anilines is 1. The molecule has 26 heavy (non-hydrogen) atoms. The van der Waals surface area contributed by atoms with Crippen molar-refractivity contribution in [2.24, 2.45) is 0 Å². The van der Waals surface area contributed by atoms with Crippen molar-refractivity contribution in [2.75, 3.05) is 31.1 Å². The second kappa shape index (κ2) is 8.11. The first kappa shape index (κ1) is 18.7. The molecular formula is C21H25ClN2O2. The molecule has 1 N–H and O–H groups in total. The SMILES string of the molecule is Cl.O=C1N(CCCCOc2ccccc2)c2ccccc2C12CCNC2. The van der Waals surface area contributed by atoms with Crippen LogP contribution in [0.2, 0.25) is 0 Å². The second-order valence-corrected chi connectivity index (χ2v) is 6.85. The van der Waals surface area contributed by atoms with Crippen LogP contribution in [0.15, 0.2) is 54.6 Å². The normalized spacial score (nSPS) is 20.9. The van der Waals surface area contributed by atoms with Gasteiger partial charge in [-0.2, -0.15) is 0 Å². The number of para-hydroxylation sites is 2. The minimum absolute atomic E-state index is 0. The maximum Gasteiger partial charge on any atom is 0.239 e. The average molecular weight is 373 g/mol. The first-order chi connectivity index (χ1) is 12.3. The molecule has 1 fully saturated rings. The van der Waals surface area contributed by atoms with E-state index in [0.717, 1.165) is 50.3 Å². The van der Waals surface area contributed by atoms with Crippen LogP contribution >= 0.6 is 12.4 Å². The first-order valence-electron chi connectivity index (χ1n) is 9.11. The number of carbonyl (C=O) groups excluding carboxylic acids is 1. The Bertz CT molecular complexity index is 745. The summed E-state index contributed by atoms with van der Waals surface area (Å²) in [5, 5.41) is 3.37. The van der Waals surface area contributed by atoms with Gasteiger partial charge in [0.1, 0.15) is 5.75 Å². The van der Waals surface area contributed by atoms with Crippen LogP contribution in [0.1, 0.15) is 24.8 Å². The van der Waals surface area contributed by atoms with Gasteiger partial charge in [0.2, 0.25) is 5.91 Å². The molecule has 4 nitrogen and oxygen atoms in total. The predicted molar refractivity (Wildman–Crippen MR) is 106 cm³/mol. The molecule has 2 aromatic carbocycles. The molecular weight excluding hydrogens is 348 g/mol. The minimum atomic E-state index is -0.336. The quantitative estimate of drug-likeness (QED) is 0.788. The van der Waals surface area contributed by atoms with Crippen LogP contribution in [0, 0.1) is 0 Å². The molecule has 2 aliphatic rings. The fourth-order valence-electron chi connectivity index (χ4n) is 4.00. The van der Waals surface area contributed by atoms with Crippen molar-refractivity contribution in [3.05, 3.63) is 60.2 Å². The van der Waals surface area contributed by atoms with Crippen LogP contribution < -0.4 is 15.0 Å². The fourth-order valence-corrected chi connectivity index (χ4v) is 4.00. The van der Waals surface area contributed by atoms with Crippen molar-refractivity contribution in [3.63, 3.8) is 0 Å². The molecule has 2 aromatic rings. The molecule has 0 radical (unpaired) electrons. The van der Waals surface area contributed by atoms with Crippen molar-refractivity contribution in [3.8, 4) is 5.75 Å². The van der Waals surface area contributed by atoms with Gasteiger partial charge >= 0.3 is 0 Å². The number of halogens is 1. The highest BCUT2D eigenvalue weighted by molar-refractivity contribution is 6.08. The number of nitrogens with one attached hydrogen (secondary N) is 1. The summed E-state index contributed by atoms with van der Waals surface area (Å²) in [5.41, 5.74) is 1.96. The summed E-state index contributed by atoms with van der Waals surface area (Å²) in [4.78, 5) is 15.1. The lowest BCUT2D eigenvalue weighted by Crippen LogP contribution is -2.42. The van der Waals surface area contributed by atoms with Crippen LogP contribution in [-0.4, -0.2) is 32.1 Å². The van der Waals surface area contributed by atoms with Gasteiger partial charge < -0.3 is 15.0 Å². The minimum Gasteiger partial charge on any atom is -0.494 e. The number of benzene rings is 2. The maximum atomic E-state index is 13.1. The summed E-state index contributed by atoms with van der Waals surface area (Å²) >= 11 is 0. The zero-order valence-corrected chi connectivity index (χ0v) is 15.6. The van der Waals surface area contributed by atoms with E-state index >= 15 is 0 Å². The third-order valence-electron chi connectivity index (χ3n) is 5.31. The Hall–Kier alpha value is -2.04. The summed E-state index contributed by atoms with van der Waals surface area (Å²) in [7, 11) is 0. The lowest BCUT2D eigenvalue weighted by molar-refractivity contribution is -0.122. The molecule has 5 heteroatoms. The molecule has 1 amide bonds. The molecule has 2 heterocycles. The van der Waals surface area contributed by atoms with Crippen molar-refractivity contribution in [2.45, 2.75) is 24.7 Å². The Morgan fingerprint density at radius 2 is 1.81 bits per heavy atom. The molecule has 0 saturated carbocycles. The van der Waals surface area contributed by atoms with Crippen molar-refractivity contribution >= 4 is 24.0 Å². The number of amides is 1. The topological polar surface area (TPSA) is 41.6 Å². The molecule has 138 valence electrons. The standard InChI is InChI=1S/C21H24N2O2.ClH/c24-20-21(12-13-22-16-21)18-10-4-5-11-19(18)23(20)14-6-7-15-25-17-8-2-1-3-9-17;/h1-5,8-11,22H,6-7,12-16H2;1H. The molecule has 1 spiro atoms. The number of nitrogens with zero attached hydrogens (tertiary/aromatic N) is 1. The maximum absolute atomic E-state index is 13.1. The summed E-state index contributed by atoms with van der Waals surface area (Å²) in [6.45, 7) is 3.12. The Morgan fingerprint density at radius 1 is 1.04 bits per heavy atom. The van der Waals surface area contributed by atoms with Crippen LogP contribution in [0.3, 0.4) is 0 Å². The van der Waals surface area contributed by atoms with Crippen molar-refractivity contribution in [1.82, 2.24) is 5.32 Å². The molecule has 1 saturated heterocycles. The molecule has 2 aliphatic heterocycles. The number of carbonyl (C=O) groups is 1. The van der Waals surface area contributed by atoms with E-state index in [-0.39, 0.29) is 23.7 Å². The van der Waals surface area contributed by atoms with Crippen molar-refractivity contribution < 1.29 is 9.53 Å². The van der Waals surface area contributed by atoms with Gasteiger partial charge in [-0.3, -0.25) is 4.79 Å². The zero-order valence-electron chi connectivity index (χ0n) is 14.8. The fraction of sp³-hybridized carbons (Fsp3) is 0.381. The third kappa shape index (κ3) is 3.31. The molecule has 4 rings (SSSR count). The smallest absolute Gasteiger partial charge is 0.239 e. The lowest BCUT2D eigenvalue weighted by atomic mass is 9.81. The summed E-state index contributed by atoms with van der Waals surface area (Å²) < 4.78 is 5.75. The number of fused-ring (bicyclic) bond motifs is 2. The van der Waals surface area contributed by atoms with E-state index < -0.39 is 0 Å². The number of rotatable bonds is 6. The van der Waals surface area contributed by atoms with E-state index in [1.807, 2.05) is 47.4 Å². The number of unbranched alkanes of at least 4 members (excludes halogenated alkanes) is 1. The predicted octanol–water partition coefficient (Wildman–Crippen LogP) is 3.55. The van der Waals surface area contributed by atoms with Gasteiger partial charge in [-0.1, -0.05) is 36.4 Å². The third-order valence-corrected chi connectivity index (χ3v) is 5.31. The number of hydrogen-bond acceptors (Lipinski definition) is 3. The second-order valence-electron chi connectivity index (χ2n) is 6.85. The van der Waals surface area contributed by atoms with Gasteiger partial charge in [-0.05, 0) is 49.6 Å². The number of ether oxygens (including phenoxy) is 1. The molecule has 0 bridgehead atoms. The Labute approximate surface area is 160 Å². The van der Waals surface area contributed by atoms with Gasteiger partial charge in [0.05, 0.1) is 12.0 Å². The highest BCUT2D eigenvalue weighted by atomic mass is 35.5. The van der Waals surface area contributed by atoms with Crippen LogP contribution in [0.25, 0.3) is 0 Å². The molecule has 1 atom stereocenters. The van der Waals surface area contributed by atoms with Gasteiger partial charge in [0, 0.05) is 18.8 Å². The van der Waals surface area contributed by atoms with Gasteiger partial charge in [-0.15, -0.1) is 12.4 Å². The van der Waals surface area contributed by atoms with Gasteiger partial charge in [-0.25, -0.2) is 0 Å². The molecule has 1 unspecified atom stereocenters. The Morgan fingerprint density at radius 3 is 2.58 bits per heavy atom. The van der Waals surface area contributed by atoms with Gasteiger partial charge in [0.15, 0.2) is 0 Å². The van der Waals surface area contributed by atoms with Crippen LogP contribution in [0.4, 0.5) is 5.69 Å². The van der Waals surface area contributed by atoms with E-state index in [4.69, 9.17) is 4.74 Å². The monoisotopic (exact) mass is 372 g/mol. The highest BCUT2D eigenvalue weighted by Crippen LogP contribution is 2.45. The molecule has 0 aromatic heterocycles. The van der Waals surface area contributed by atoms with E-state index in [1.165, 1.54) is 5.56 Å². The Balaban J connectivity index is 0.00000196. The first-order valence-corrected chi connectivity index (χ1v) is 9.11. The largest absolute Gasteiger partial charge is 0.494 e. The Kier molecular flexibility index (Phi) is 5.84. The molecule has 0 aliphatic carbocycles.